The Balaban J connectivity index is 0.00000191. The second kappa shape index (κ2) is 10.2. The molecule has 5 heteroatoms. The quantitative estimate of drug-likeness (QED) is 0.462. The molecule has 0 radical (unpaired) electrons. The Kier molecular flexibility index (Phi) is 9.95. The predicted octanol–water partition coefficient (Wildman–Crippen LogP) is 3.74. The van der Waals surface area contributed by atoms with Gasteiger partial charge in [0, 0.05) is 13.0 Å². The van der Waals surface area contributed by atoms with Crippen molar-refractivity contribution in [1.82, 2.24) is 0 Å². The standard InChI is InChI=1S/C14H20BIO3.C2H6/c1-14(2,3)11-6-4-7-12(10-11)15(16)13(18)19-9-5-8-17;1-2/h4,6-7,10,17H,5,8-9H2,1-3H3;1-2H3. The van der Waals surface area contributed by atoms with E-state index in [1.807, 2.05) is 26.0 Å². The molecule has 3 nitrogen and oxygen atoms in total. The van der Waals surface area contributed by atoms with E-state index in [1.165, 1.54) is 5.56 Å². The molecular weight excluding hydrogens is 378 g/mol. The lowest BCUT2D eigenvalue weighted by Crippen LogP contribution is -2.34. The second-order valence-corrected chi connectivity index (χ2v) is 6.73. The van der Waals surface area contributed by atoms with Gasteiger partial charge in [-0.1, -0.05) is 64.3 Å². The number of hydrogen-bond acceptors (Lipinski definition) is 3. The van der Waals surface area contributed by atoms with Crippen LogP contribution >= 0.6 is 22.4 Å². The van der Waals surface area contributed by atoms with E-state index in [9.17, 15) is 4.79 Å². The molecule has 1 rings (SSSR count). The number of hydrogen-bond donors (Lipinski definition) is 1. The maximum absolute atomic E-state index is 11.9. The van der Waals surface area contributed by atoms with Gasteiger partial charge >= 0.3 is 4.57 Å². The summed E-state index contributed by atoms with van der Waals surface area (Å²) in [5, 5.41) is 8.67. The molecule has 0 unspecified atom stereocenters. The van der Waals surface area contributed by atoms with E-state index in [0.29, 0.717) is 6.42 Å². The van der Waals surface area contributed by atoms with E-state index in [-0.39, 0.29) is 29.1 Å². The topological polar surface area (TPSA) is 46.5 Å². The highest BCUT2D eigenvalue weighted by molar-refractivity contribution is 14.1. The first-order chi connectivity index (χ1) is 9.86. The average molecular weight is 404 g/mol. The summed E-state index contributed by atoms with van der Waals surface area (Å²) in [5.41, 5.74) is 2.23. The third kappa shape index (κ3) is 7.31. The fourth-order valence-electron chi connectivity index (χ4n) is 1.61. The predicted molar refractivity (Wildman–Crippen MR) is 98.9 cm³/mol. The van der Waals surface area contributed by atoms with Crippen LogP contribution in [0, 0.1) is 0 Å². The number of halogens is 1. The van der Waals surface area contributed by atoms with Crippen LogP contribution in [0.5, 0.6) is 0 Å². The third-order valence-electron chi connectivity index (χ3n) is 2.80. The molecule has 21 heavy (non-hydrogen) atoms. The fraction of sp³-hybridized carbons (Fsp3) is 0.562. The van der Waals surface area contributed by atoms with Gasteiger partial charge in [-0.25, -0.2) is 0 Å². The van der Waals surface area contributed by atoms with Gasteiger partial charge in [0.1, 0.15) is 0 Å². The first-order valence-corrected chi connectivity index (χ1v) is 8.63. The molecule has 1 N–H and O–H groups in total. The molecule has 0 spiro atoms. The van der Waals surface area contributed by atoms with E-state index in [4.69, 9.17) is 9.84 Å². The smallest absolute Gasteiger partial charge is 0.380 e. The summed E-state index contributed by atoms with van der Waals surface area (Å²) in [6.07, 6.45) is 0.483. The fourth-order valence-corrected chi connectivity index (χ4v) is 2.18. The van der Waals surface area contributed by atoms with Crippen molar-refractivity contribution < 1.29 is 14.6 Å². The highest BCUT2D eigenvalue weighted by Crippen LogP contribution is 2.21. The largest absolute Gasteiger partial charge is 0.472 e. The van der Waals surface area contributed by atoms with Gasteiger partial charge in [0.25, 0.3) is 5.87 Å². The Morgan fingerprint density at radius 3 is 2.48 bits per heavy atom. The van der Waals surface area contributed by atoms with Crippen LogP contribution in [0.2, 0.25) is 0 Å². The maximum atomic E-state index is 11.9. The minimum absolute atomic E-state index is 0.0404. The Labute approximate surface area is 142 Å². The van der Waals surface area contributed by atoms with Crippen LogP contribution in [0.4, 0.5) is 4.79 Å². The van der Waals surface area contributed by atoms with Crippen LogP contribution in [0.25, 0.3) is 0 Å². The molecule has 0 aliphatic heterocycles. The van der Waals surface area contributed by atoms with Crippen molar-refractivity contribution in [3.05, 3.63) is 29.8 Å². The van der Waals surface area contributed by atoms with Gasteiger partial charge in [-0.15, -0.1) is 22.4 Å². The summed E-state index contributed by atoms with van der Waals surface area (Å²) in [6, 6.07) is 8.05. The Hall–Kier alpha value is -0.555. The highest BCUT2D eigenvalue weighted by Gasteiger charge is 2.25. The number of aliphatic hydroxyl groups is 1. The Bertz CT molecular complexity index is 430. The van der Waals surface area contributed by atoms with Crippen molar-refractivity contribution >= 4 is 38.3 Å². The molecule has 0 heterocycles. The van der Waals surface area contributed by atoms with E-state index >= 15 is 0 Å². The number of rotatable bonds is 5. The molecule has 0 aliphatic rings. The summed E-state index contributed by atoms with van der Waals surface area (Å²) in [5.74, 6) is -0.250. The van der Waals surface area contributed by atoms with E-state index in [0.717, 1.165) is 5.46 Å². The van der Waals surface area contributed by atoms with E-state index in [2.05, 4.69) is 55.3 Å². The molecule has 0 saturated heterocycles. The molecule has 0 fully saturated rings. The lowest BCUT2D eigenvalue weighted by molar-refractivity contribution is 0.159. The molecule has 0 aromatic heterocycles. The number of ether oxygens (including phenoxy) is 1. The van der Waals surface area contributed by atoms with Crippen molar-refractivity contribution in [2.45, 2.75) is 46.5 Å². The van der Waals surface area contributed by atoms with Crippen LogP contribution in [-0.2, 0) is 10.2 Å². The van der Waals surface area contributed by atoms with Gasteiger partial charge in [0.05, 0.1) is 6.61 Å². The molecular formula is C16H26BIO3. The summed E-state index contributed by atoms with van der Waals surface area (Å²) in [4.78, 5) is 11.9. The van der Waals surface area contributed by atoms with Crippen LogP contribution in [-0.4, -0.2) is 28.8 Å². The normalized spacial score (nSPS) is 10.4. The first-order valence-electron chi connectivity index (χ1n) is 7.38. The zero-order valence-electron chi connectivity index (χ0n) is 13.6. The van der Waals surface area contributed by atoms with Gasteiger partial charge in [0.15, 0.2) is 0 Å². The van der Waals surface area contributed by atoms with E-state index < -0.39 is 0 Å². The second-order valence-electron chi connectivity index (χ2n) is 5.48. The summed E-state index contributed by atoms with van der Waals surface area (Å²) < 4.78 is 4.81. The Morgan fingerprint density at radius 2 is 1.95 bits per heavy atom. The van der Waals surface area contributed by atoms with Crippen molar-refractivity contribution in [3.8, 4) is 0 Å². The molecule has 0 aliphatic carbocycles. The van der Waals surface area contributed by atoms with Gasteiger partial charge < -0.3 is 9.84 Å². The lowest BCUT2D eigenvalue weighted by Gasteiger charge is -2.20. The van der Waals surface area contributed by atoms with Gasteiger partial charge in [-0.05, 0) is 11.0 Å². The number of benzene rings is 1. The molecule has 0 saturated carbocycles. The number of carbonyl (C=O) groups excluding carboxylic acids is 1. The number of carbonyl (C=O) groups is 1. The summed E-state index contributed by atoms with van der Waals surface area (Å²) in [7, 11) is 0. The Morgan fingerprint density at radius 1 is 1.33 bits per heavy atom. The monoisotopic (exact) mass is 404 g/mol. The van der Waals surface area contributed by atoms with Crippen molar-refractivity contribution in [2.24, 2.45) is 0 Å². The molecule has 1 aromatic rings. The third-order valence-corrected chi connectivity index (χ3v) is 4.03. The van der Waals surface area contributed by atoms with Crippen LogP contribution in [0.3, 0.4) is 0 Å². The molecule has 1 aromatic carbocycles. The molecule has 118 valence electrons. The van der Waals surface area contributed by atoms with E-state index in [1.54, 1.807) is 0 Å². The lowest BCUT2D eigenvalue weighted by atomic mass is 9.68. The van der Waals surface area contributed by atoms with Crippen molar-refractivity contribution in [3.63, 3.8) is 0 Å². The maximum Gasteiger partial charge on any atom is 0.380 e. The van der Waals surface area contributed by atoms with Gasteiger partial charge in [-0.2, -0.15) is 0 Å². The first kappa shape index (κ1) is 20.4. The van der Waals surface area contributed by atoms with Crippen molar-refractivity contribution in [2.75, 3.05) is 13.2 Å². The SMILES string of the molecule is CC.CC(C)(C)c1cccc(B(I)C(=O)OCCCO)c1. The van der Waals surface area contributed by atoms with Crippen LogP contribution in [0.15, 0.2) is 24.3 Å². The molecule has 0 amide bonds. The average Bonchev–Trinajstić information content (AvgIpc) is 2.48. The summed E-state index contributed by atoms with van der Waals surface area (Å²) in [6.45, 7) is 10.8. The summed E-state index contributed by atoms with van der Waals surface area (Å²) >= 11 is 2.09. The minimum atomic E-state index is -0.307. The minimum Gasteiger partial charge on any atom is -0.472 e. The molecule has 0 bridgehead atoms. The van der Waals surface area contributed by atoms with Crippen molar-refractivity contribution in [1.29, 1.82) is 0 Å². The van der Waals surface area contributed by atoms with Gasteiger partial charge in [-0.3, -0.25) is 4.79 Å². The van der Waals surface area contributed by atoms with Crippen LogP contribution in [0.1, 0.15) is 46.6 Å². The molecule has 0 atom stereocenters. The van der Waals surface area contributed by atoms with Gasteiger partial charge in [0.2, 0.25) is 0 Å². The zero-order valence-corrected chi connectivity index (χ0v) is 15.8. The number of aliphatic hydroxyl groups excluding tert-OH is 1. The highest BCUT2D eigenvalue weighted by atomic mass is 127. The zero-order chi connectivity index (χ0) is 16.5. The van der Waals surface area contributed by atoms with Crippen LogP contribution < -0.4 is 5.46 Å².